The van der Waals surface area contributed by atoms with E-state index in [0.717, 1.165) is 5.56 Å². The number of carbonyl (C=O) groups is 3. The summed E-state index contributed by atoms with van der Waals surface area (Å²) in [6.07, 6.45) is 0.727. The lowest BCUT2D eigenvalue weighted by molar-refractivity contribution is -0.141. The van der Waals surface area contributed by atoms with Crippen molar-refractivity contribution in [3.8, 4) is 0 Å². The van der Waals surface area contributed by atoms with Crippen molar-refractivity contribution >= 4 is 29.7 Å². The van der Waals surface area contributed by atoms with Crippen LogP contribution in [0.1, 0.15) is 46.1 Å². The van der Waals surface area contributed by atoms with Gasteiger partial charge >= 0.3 is 12.2 Å². The van der Waals surface area contributed by atoms with E-state index in [1.165, 1.54) is 7.11 Å². The molecule has 0 saturated carbocycles. The van der Waals surface area contributed by atoms with Crippen molar-refractivity contribution in [3.63, 3.8) is 0 Å². The Bertz CT molecular complexity index is 873. The highest BCUT2D eigenvalue weighted by Gasteiger charge is 2.45. The monoisotopic (exact) mass is 511 g/mol. The average molecular weight is 512 g/mol. The van der Waals surface area contributed by atoms with E-state index in [1.807, 2.05) is 32.9 Å². The molecule has 196 valence electrons. The first-order valence-electron chi connectivity index (χ1n) is 11.8. The number of likely N-dealkylation sites (tertiary alicyclic amines) is 1. The third-order valence-electron chi connectivity index (χ3n) is 5.89. The number of nitrogens with one attached hydrogen (secondary N) is 1. The fourth-order valence-corrected chi connectivity index (χ4v) is 4.36. The van der Waals surface area contributed by atoms with Gasteiger partial charge in [-0.05, 0) is 64.7 Å². The molecule has 35 heavy (non-hydrogen) atoms. The number of ether oxygens (including phenoxy) is 3. The molecule has 2 atom stereocenters. The average Bonchev–Trinajstić information content (AvgIpc) is 2.78. The van der Waals surface area contributed by atoms with Crippen molar-refractivity contribution in [1.29, 1.82) is 0 Å². The van der Waals surface area contributed by atoms with E-state index in [9.17, 15) is 14.4 Å². The molecule has 9 nitrogen and oxygen atoms in total. The van der Waals surface area contributed by atoms with Crippen LogP contribution < -0.4 is 5.32 Å². The van der Waals surface area contributed by atoms with E-state index in [1.54, 1.807) is 35.9 Å². The van der Waals surface area contributed by atoms with E-state index in [0.29, 0.717) is 30.8 Å². The summed E-state index contributed by atoms with van der Waals surface area (Å²) in [6.45, 7) is 8.13. The molecule has 0 radical (unpaired) electrons. The molecule has 0 spiro atoms. The molecule has 1 unspecified atom stereocenters. The molecule has 1 aliphatic heterocycles. The fourth-order valence-electron chi connectivity index (χ4n) is 4.24. The van der Waals surface area contributed by atoms with Crippen LogP contribution in [0.4, 0.5) is 9.59 Å². The van der Waals surface area contributed by atoms with Gasteiger partial charge in [0, 0.05) is 32.3 Å². The van der Waals surface area contributed by atoms with Gasteiger partial charge in [-0.1, -0.05) is 23.7 Å². The van der Waals surface area contributed by atoms with Crippen LogP contribution >= 0.6 is 11.6 Å². The number of piperidine rings is 1. The van der Waals surface area contributed by atoms with Gasteiger partial charge in [0.1, 0.15) is 11.6 Å². The summed E-state index contributed by atoms with van der Waals surface area (Å²) in [6, 6.07) is 6.49. The maximum absolute atomic E-state index is 13.6. The molecule has 1 heterocycles. The molecule has 10 heteroatoms. The van der Waals surface area contributed by atoms with Crippen molar-refractivity contribution in [1.82, 2.24) is 15.1 Å². The number of carbonyl (C=O) groups excluding carboxylic acids is 3. The predicted molar refractivity (Wildman–Crippen MR) is 134 cm³/mol. The molecule has 1 aromatic rings. The topological polar surface area (TPSA) is 97.4 Å². The summed E-state index contributed by atoms with van der Waals surface area (Å²) in [4.78, 5) is 41.9. The quantitative estimate of drug-likeness (QED) is 0.569. The second-order valence-corrected chi connectivity index (χ2v) is 10.2. The number of benzene rings is 1. The van der Waals surface area contributed by atoms with Crippen LogP contribution in [0.5, 0.6) is 0 Å². The van der Waals surface area contributed by atoms with Gasteiger partial charge < -0.3 is 29.3 Å². The van der Waals surface area contributed by atoms with Crippen LogP contribution in [-0.4, -0.2) is 85.5 Å². The van der Waals surface area contributed by atoms with E-state index < -0.39 is 29.4 Å². The van der Waals surface area contributed by atoms with Crippen molar-refractivity contribution in [2.24, 2.45) is 0 Å². The SMILES string of the molecule is CCOC(=O)NC(COC)C(=O)N(C)[C@@]1(Cc2ccc(Cl)cc2)CCCN(C(=O)OC(C)(C)C)C1. The molecule has 1 aliphatic rings. The molecule has 1 N–H and O–H groups in total. The number of halogens is 1. The second kappa shape index (κ2) is 12.4. The highest BCUT2D eigenvalue weighted by molar-refractivity contribution is 6.30. The number of likely N-dealkylation sites (N-methyl/N-ethyl adjacent to an activating group) is 1. The van der Waals surface area contributed by atoms with Crippen molar-refractivity contribution in [2.75, 3.05) is 40.5 Å². The van der Waals surface area contributed by atoms with E-state index in [-0.39, 0.29) is 25.7 Å². The molecular formula is C25H38ClN3O6. The normalized spacial score (nSPS) is 19.0. The Kier molecular flexibility index (Phi) is 10.2. The number of alkyl carbamates (subject to hydrolysis) is 1. The second-order valence-electron chi connectivity index (χ2n) is 9.80. The first-order chi connectivity index (χ1) is 16.4. The number of hydrogen-bond acceptors (Lipinski definition) is 6. The Hall–Kier alpha value is -2.52. The van der Waals surface area contributed by atoms with Gasteiger partial charge in [0.25, 0.3) is 0 Å². The van der Waals surface area contributed by atoms with Crippen molar-refractivity contribution in [3.05, 3.63) is 34.9 Å². The molecule has 1 aromatic carbocycles. The van der Waals surface area contributed by atoms with Crippen LogP contribution in [0.15, 0.2) is 24.3 Å². The first kappa shape index (κ1) is 28.7. The lowest BCUT2D eigenvalue weighted by Gasteiger charge is -2.49. The van der Waals surface area contributed by atoms with Crippen LogP contribution in [0.3, 0.4) is 0 Å². The summed E-state index contributed by atoms with van der Waals surface area (Å²) in [7, 11) is 3.16. The van der Waals surface area contributed by atoms with Gasteiger partial charge in [0.05, 0.1) is 18.8 Å². The third kappa shape index (κ3) is 8.28. The number of nitrogens with zero attached hydrogens (tertiary/aromatic N) is 2. The van der Waals surface area contributed by atoms with Gasteiger partial charge in [-0.2, -0.15) is 0 Å². The minimum Gasteiger partial charge on any atom is -0.450 e. The molecule has 3 amide bonds. The minimum absolute atomic E-state index is 0.0191. The summed E-state index contributed by atoms with van der Waals surface area (Å²) in [5.74, 6) is -0.333. The Morgan fingerprint density at radius 1 is 1.23 bits per heavy atom. The summed E-state index contributed by atoms with van der Waals surface area (Å²) in [5, 5.41) is 3.21. The smallest absolute Gasteiger partial charge is 0.410 e. The van der Waals surface area contributed by atoms with Gasteiger partial charge in [0.2, 0.25) is 5.91 Å². The molecule has 0 aliphatic carbocycles. The number of methoxy groups -OCH3 is 1. The highest BCUT2D eigenvalue weighted by atomic mass is 35.5. The maximum atomic E-state index is 13.6. The van der Waals surface area contributed by atoms with Gasteiger partial charge in [-0.3, -0.25) is 4.79 Å². The summed E-state index contributed by atoms with van der Waals surface area (Å²) >= 11 is 6.08. The Labute approximate surface area is 213 Å². The zero-order valence-corrected chi connectivity index (χ0v) is 22.3. The van der Waals surface area contributed by atoms with Crippen LogP contribution in [-0.2, 0) is 25.4 Å². The van der Waals surface area contributed by atoms with Crippen LogP contribution in [0, 0.1) is 0 Å². The summed E-state index contributed by atoms with van der Waals surface area (Å²) in [5.41, 5.74) is -0.397. The number of hydrogen-bond donors (Lipinski definition) is 1. The number of rotatable bonds is 8. The van der Waals surface area contributed by atoms with Gasteiger partial charge in [0.15, 0.2) is 0 Å². The molecule has 2 rings (SSSR count). The molecular weight excluding hydrogens is 474 g/mol. The van der Waals surface area contributed by atoms with E-state index in [2.05, 4.69) is 5.32 Å². The van der Waals surface area contributed by atoms with Crippen LogP contribution in [0.2, 0.25) is 5.02 Å². The van der Waals surface area contributed by atoms with Gasteiger partial charge in [-0.15, -0.1) is 0 Å². The molecule has 1 fully saturated rings. The molecule has 0 aromatic heterocycles. The zero-order chi connectivity index (χ0) is 26.2. The van der Waals surface area contributed by atoms with Crippen molar-refractivity contribution < 1.29 is 28.6 Å². The zero-order valence-electron chi connectivity index (χ0n) is 21.6. The predicted octanol–water partition coefficient (Wildman–Crippen LogP) is 3.87. The highest BCUT2D eigenvalue weighted by Crippen LogP contribution is 2.32. The maximum Gasteiger partial charge on any atom is 0.410 e. The van der Waals surface area contributed by atoms with Crippen molar-refractivity contribution in [2.45, 2.75) is 64.1 Å². The Morgan fingerprint density at radius 2 is 1.89 bits per heavy atom. The van der Waals surface area contributed by atoms with E-state index >= 15 is 0 Å². The summed E-state index contributed by atoms with van der Waals surface area (Å²) < 4.78 is 15.8. The first-order valence-corrected chi connectivity index (χ1v) is 12.2. The fraction of sp³-hybridized carbons (Fsp3) is 0.640. The van der Waals surface area contributed by atoms with Gasteiger partial charge in [-0.25, -0.2) is 9.59 Å². The lowest BCUT2D eigenvalue weighted by atomic mass is 9.81. The standard InChI is InChI=1S/C25H38ClN3O6/c1-7-34-22(31)27-20(16-33-6)21(30)28(5)25(15-18-9-11-19(26)12-10-18)13-8-14-29(17-25)23(32)35-24(2,3)4/h9-12,20H,7-8,13-17H2,1-6H3,(H,27,31)/t20?,25-/m1/s1. The Morgan fingerprint density at radius 3 is 2.46 bits per heavy atom. The van der Waals surface area contributed by atoms with Crippen LogP contribution in [0.25, 0.3) is 0 Å². The minimum atomic E-state index is -0.942. The van der Waals surface area contributed by atoms with E-state index in [4.69, 9.17) is 25.8 Å². The molecule has 0 bridgehead atoms. The third-order valence-corrected chi connectivity index (χ3v) is 6.15. The number of amides is 3. The Balaban J connectivity index is 2.38. The molecule has 1 saturated heterocycles. The lowest BCUT2D eigenvalue weighted by Crippen LogP contribution is -2.64. The largest absolute Gasteiger partial charge is 0.450 e.